The number of carbonyl (C=O) groups is 1. The van der Waals surface area contributed by atoms with Gasteiger partial charge in [-0.3, -0.25) is 4.79 Å². The standard InChI is InChI=1S/C24H30FN3O2/c1-18(24(29)28-10-9-19-5-3-4-6-20(19)17-28)27-13-11-26(12-14-27)16-21-15-22(25)7-8-23(21)30-2/h3-8,15,18H,9-14,16-17H2,1-2H3/p+2/t18-/m1/s1. The van der Waals surface area contributed by atoms with E-state index >= 15 is 0 Å². The molecule has 0 aromatic heterocycles. The highest BCUT2D eigenvalue weighted by atomic mass is 19.1. The van der Waals surface area contributed by atoms with Gasteiger partial charge in [-0.1, -0.05) is 24.3 Å². The van der Waals surface area contributed by atoms with E-state index in [1.807, 2.05) is 4.90 Å². The lowest BCUT2D eigenvalue weighted by molar-refractivity contribution is -1.02. The van der Waals surface area contributed by atoms with Crippen LogP contribution in [0.25, 0.3) is 0 Å². The SMILES string of the molecule is COc1ccc(F)cc1C[NH+]1CC[NH+]([C@H](C)C(=O)N2CCc3ccccc3C2)CC1. The zero-order valence-corrected chi connectivity index (χ0v) is 17.9. The van der Waals surface area contributed by atoms with Crippen molar-refractivity contribution < 1.29 is 23.7 Å². The third-order valence-corrected chi connectivity index (χ3v) is 6.71. The van der Waals surface area contributed by atoms with Gasteiger partial charge in [0.15, 0.2) is 6.04 Å². The van der Waals surface area contributed by atoms with Crippen LogP contribution in [-0.2, 0) is 24.3 Å². The molecule has 0 spiro atoms. The zero-order chi connectivity index (χ0) is 21.1. The first kappa shape index (κ1) is 20.8. The minimum atomic E-state index is -0.225. The molecule has 1 amide bonds. The van der Waals surface area contributed by atoms with Crippen LogP contribution in [0.3, 0.4) is 0 Å². The fourth-order valence-corrected chi connectivity index (χ4v) is 4.82. The number of ether oxygens (including phenoxy) is 1. The highest BCUT2D eigenvalue weighted by molar-refractivity contribution is 5.80. The summed E-state index contributed by atoms with van der Waals surface area (Å²) >= 11 is 0. The number of hydrogen-bond acceptors (Lipinski definition) is 2. The molecule has 1 saturated heterocycles. The van der Waals surface area contributed by atoms with Gasteiger partial charge >= 0.3 is 0 Å². The molecule has 1 fully saturated rings. The molecule has 0 radical (unpaired) electrons. The molecule has 160 valence electrons. The van der Waals surface area contributed by atoms with Gasteiger partial charge in [-0.25, -0.2) is 4.39 Å². The number of benzene rings is 2. The summed E-state index contributed by atoms with van der Waals surface area (Å²) in [7, 11) is 1.63. The van der Waals surface area contributed by atoms with Gasteiger partial charge in [0.25, 0.3) is 5.91 Å². The largest absolute Gasteiger partial charge is 0.496 e. The summed E-state index contributed by atoms with van der Waals surface area (Å²) in [6.07, 6.45) is 0.942. The quantitative estimate of drug-likeness (QED) is 0.730. The maximum Gasteiger partial charge on any atom is 0.280 e. The Balaban J connectivity index is 1.32. The van der Waals surface area contributed by atoms with Gasteiger partial charge in [-0.15, -0.1) is 0 Å². The predicted octanol–water partition coefficient (Wildman–Crippen LogP) is 0.0911. The summed E-state index contributed by atoms with van der Waals surface area (Å²) in [6, 6.07) is 13.1. The van der Waals surface area contributed by atoms with E-state index < -0.39 is 0 Å². The lowest BCUT2D eigenvalue weighted by Gasteiger charge is -2.36. The van der Waals surface area contributed by atoms with Crippen molar-refractivity contribution >= 4 is 5.91 Å². The van der Waals surface area contributed by atoms with Gasteiger partial charge in [0.2, 0.25) is 0 Å². The first-order chi connectivity index (χ1) is 14.5. The molecule has 4 rings (SSSR count). The van der Waals surface area contributed by atoms with Crippen LogP contribution in [-0.4, -0.2) is 56.7 Å². The molecule has 2 aliphatic rings. The fourth-order valence-electron chi connectivity index (χ4n) is 4.82. The van der Waals surface area contributed by atoms with Crippen molar-refractivity contribution in [2.45, 2.75) is 32.5 Å². The Morgan fingerprint density at radius 3 is 2.60 bits per heavy atom. The van der Waals surface area contributed by atoms with Crippen LogP contribution in [0.15, 0.2) is 42.5 Å². The van der Waals surface area contributed by atoms with Gasteiger partial charge in [0.05, 0.1) is 12.7 Å². The van der Waals surface area contributed by atoms with Crippen LogP contribution in [0.4, 0.5) is 4.39 Å². The first-order valence-corrected chi connectivity index (χ1v) is 10.9. The van der Waals surface area contributed by atoms with E-state index in [1.54, 1.807) is 19.2 Å². The maximum absolute atomic E-state index is 13.7. The molecule has 2 heterocycles. The number of nitrogens with zero attached hydrogens (tertiary/aromatic N) is 1. The molecule has 2 aromatic rings. The molecule has 5 nitrogen and oxygen atoms in total. The number of rotatable bonds is 5. The van der Waals surface area contributed by atoms with Crippen molar-refractivity contribution in [3.63, 3.8) is 0 Å². The Hall–Kier alpha value is -2.44. The lowest BCUT2D eigenvalue weighted by atomic mass is 9.99. The summed E-state index contributed by atoms with van der Waals surface area (Å²) in [5.41, 5.74) is 3.55. The van der Waals surface area contributed by atoms with Gasteiger partial charge < -0.3 is 19.4 Å². The van der Waals surface area contributed by atoms with Crippen molar-refractivity contribution in [3.05, 3.63) is 65.0 Å². The molecule has 0 saturated carbocycles. The fraction of sp³-hybridized carbons (Fsp3) is 0.458. The second-order valence-electron chi connectivity index (χ2n) is 8.54. The average molecular weight is 414 g/mol. The third-order valence-electron chi connectivity index (χ3n) is 6.71. The van der Waals surface area contributed by atoms with E-state index in [1.165, 1.54) is 27.0 Å². The van der Waals surface area contributed by atoms with E-state index in [9.17, 15) is 9.18 Å². The molecule has 2 N–H and O–H groups in total. The Morgan fingerprint density at radius 2 is 1.87 bits per heavy atom. The second-order valence-corrected chi connectivity index (χ2v) is 8.54. The van der Waals surface area contributed by atoms with Crippen LogP contribution in [0, 0.1) is 5.82 Å². The topological polar surface area (TPSA) is 38.4 Å². The molecule has 30 heavy (non-hydrogen) atoms. The van der Waals surface area contributed by atoms with E-state index in [4.69, 9.17) is 4.74 Å². The van der Waals surface area contributed by atoms with Crippen molar-refractivity contribution in [1.82, 2.24) is 4.90 Å². The zero-order valence-electron chi connectivity index (χ0n) is 17.9. The van der Waals surface area contributed by atoms with Gasteiger partial charge in [-0.05, 0) is 42.7 Å². The number of hydrogen-bond donors (Lipinski definition) is 2. The summed E-state index contributed by atoms with van der Waals surface area (Å²) in [5.74, 6) is 0.777. The number of quaternary nitrogens is 2. The Kier molecular flexibility index (Phi) is 6.35. The number of methoxy groups -OCH3 is 1. The minimum absolute atomic E-state index is 0.0273. The van der Waals surface area contributed by atoms with E-state index in [0.29, 0.717) is 0 Å². The minimum Gasteiger partial charge on any atom is -0.496 e. The lowest BCUT2D eigenvalue weighted by Crippen LogP contribution is -3.29. The van der Waals surface area contributed by atoms with E-state index in [2.05, 4.69) is 31.2 Å². The van der Waals surface area contributed by atoms with E-state index in [-0.39, 0.29) is 17.8 Å². The Bertz CT molecular complexity index is 896. The Morgan fingerprint density at radius 1 is 1.13 bits per heavy atom. The normalized spacial score (nSPS) is 22.3. The molecule has 2 aromatic carbocycles. The van der Waals surface area contributed by atoms with Gasteiger partial charge in [0.1, 0.15) is 44.3 Å². The summed E-state index contributed by atoms with van der Waals surface area (Å²) in [4.78, 5) is 17.9. The molecule has 6 heteroatoms. The van der Waals surface area contributed by atoms with Crippen LogP contribution < -0.4 is 14.5 Å². The Labute approximate surface area is 178 Å². The van der Waals surface area contributed by atoms with Gasteiger partial charge in [-0.2, -0.15) is 0 Å². The number of amides is 1. The van der Waals surface area contributed by atoms with Gasteiger partial charge in [0, 0.05) is 13.1 Å². The first-order valence-electron chi connectivity index (χ1n) is 10.9. The average Bonchev–Trinajstić information content (AvgIpc) is 2.78. The smallest absolute Gasteiger partial charge is 0.280 e. The highest BCUT2D eigenvalue weighted by Gasteiger charge is 2.34. The number of nitrogens with one attached hydrogen (secondary N) is 2. The highest BCUT2D eigenvalue weighted by Crippen LogP contribution is 2.19. The molecule has 2 aliphatic heterocycles. The monoisotopic (exact) mass is 413 g/mol. The summed E-state index contributed by atoms with van der Waals surface area (Å²) in [5, 5.41) is 0. The molecular weight excluding hydrogens is 381 g/mol. The van der Waals surface area contributed by atoms with E-state index in [0.717, 1.165) is 63.5 Å². The second kappa shape index (κ2) is 9.14. The van der Waals surface area contributed by atoms with Crippen LogP contribution in [0.1, 0.15) is 23.6 Å². The van der Waals surface area contributed by atoms with Crippen molar-refractivity contribution in [2.75, 3.05) is 39.8 Å². The van der Waals surface area contributed by atoms with Crippen LogP contribution >= 0.6 is 0 Å². The number of carbonyl (C=O) groups excluding carboxylic acids is 1. The summed E-state index contributed by atoms with van der Waals surface area (Å²) < 4.78 is 19.0. The van der Waals surface area contributed by atoms with Crippen LogP contribution in [0.2, 0.25) is 0 Å². The van der Waals surface area contributed by atoms with Crippen molar-refractivity contribution in [2.24, 2.45) is 0 Å². The molecule has 0 aliphatic carbocycles. The third kappa shape index (κ3) is 4.50. The maximum atomic E-state index is 13.7. The predicted molar refractivity (Wildman–Crippen MR) is 113 cm³/mol. The number of fused-ring (bicyclic) bond motifs is 1. The van der Waals surface area contributed by atoms with Crippen LogP contribution in [0.5, 0.6) is 5.75 Å². The number of piperazine rings is 1. The molecule has 1 atom stereocenters. The van der Waals surface area contributed by atoms with Crippen molar-refractivity contribution in [3.8, 4) is 5.75 Å². The summed E-state index contributed by atoms with van der Waals surface area (Å²) in [6.45, 7) is 8.19. The molecule has 0 bridgehead atoms. The number of halogens is 1. The molecule has 0 unspecified atom stereocenters. The van der Waals surface area contributed by atoms with Crippen molar-refractivity contribution in [1.29, 1.82) is 0 Å². The molecular formula is C24H32FN3O2+2.